The summed E-state index contributed by atoms with van der Waals surface area (Å²) in [4.78, 5) is 40.1. The molecule has 0 aromatic heterocycles. The van der Waals surface area contributed by atoms with Crippen molar-refractivity contribution >= 4 is 17.5 Å². The molecule has 0 spiro atoms. The molecular weight excluding hydrogens is 338 g/mol. The van der Waals surface area contributed by atoms with Crippen molar-refractivity contribution in [3.05, 3.63) is 34.4 Å². The second-order valence-corrected chi connectivity index (χ2v) is 8.96. The number of hydrogen-bond acceptors (Lipinski definition) is 3. The second kappa shape index (κ2) is 6.88. The molecule has 4 rings (SSSR count). The lowest BCUT2D eigenvalue weighted by Crippen LogP contribution is -2.30. The van der Waals surface area contributed by atoms with Crippen molar-refractivity contribution < 1.29 is 14.4 Å². The van der Waals surface area contributed by atoms with E-state index < -0.39 is 5.92 Å². The van der Waals surface area contributed by atoms with E-state index in [4.69, 9.17) is 0 Å². The molecule has 0 N–H and O–H groups in total. The number of carbonyl (C=O) groups excluding carboxylic acids is 3. The lowest BCUT2D eigenvalue weighted by molar-refractivity contribution is -0.131. The molecule has 1 aliphatic heterocycles. The summed E-state index contributed by atoms with van der Waals surface area (Å²) in [5.74, 6) is 0.328. The monoisotopic (exact) mass is 367 g/mol. The highest BCUT2D eigenvalue weighted by Gasteiger charge is 2.45. The van der Waals surface area contributed by atoms with Gasteiger partial charge in [-0.15, -0.1) is 0 Å². The third kappa shape index (κ3) is 3.46. The van der Waals surface area contributed by atoms with Crippen molar-refractivity contribution in [2.45, 2.75) is 58.8 Å². The Kier molecular flexibility index (Phi) is 4.69. The molecule has 3 fully saturated rings. The first kappa shape index (κ1) is 18.4. The predicted molar refractivity (Wildman–Crippen MR) is 104 cm³/mol. The number of ketones is 2. The molecule has 144 valence electrons. The van der Waals surface area contributed by atoms with Crippen LogP contribution in [0, 0.1) is 38.5 Å². The van der Waals surface area contributed by atoms with Crippen LogP contribution < -0.4 is 0 Å². The largest absolute Gasteiger partial charge is 0.342 e. The standard InChI is InChI=1S/C23H29NO3/c1-13-8-14(2)20(15(3)9-13)21-19(25)11-18(22(21)26)10-16-6-7-24(12-16)23(27)17-4-5-17/h8-9,16-18,21H,4-7,10-12H2,1-3H3. The molecule has 4 heteroatoms. The van der Waals surface area contributed by atoms with Gasteiger partial charge >= 0.3 is 0 Å². The van der Waals surface area contributed by atoms with Crippen LogP contribution in [0.4, 0.5) is 0 Å². The molecule has 1 aromatic rings. The van der Waals surface area contributed by atoms with Crippen molar-refractivity contribution in [2.24, 2.45) is 17.8 Å². The molecule has 0 bridgehead atoms. The Labute approximate surface area is 161 Å². The maximum absolute atomic E-state index is 13.1. The van der Waals surface area contributed by atoms with Crippen LogP contribution in [0.15, 0.2) is 12.1 Å². The first-order chi connectivity index (χ1) is 12.8. The zero-order valence-electron chi connectivity index (χ0n) is 16.6. The molecule has 4 nitrogen and oxygen atoms in total. The summed E-state index contributed by atoms with van der Waals surface area (Å²) in [7, 11) is 0. The summed E-state index contributed by atoms with van der Waals surface area (Å²) in [6, 6.07) is 4.13. The molecule has 1 aromatic carbocycles. The van der Waals surface area contributed by atoms with Crippen molar-refractivity contribution in [1.82, 2.24) is 4.90 Å². The van der Waals surface area contributed by atoms with Gasteiger partial charge in [0.2, 0.25) is 5.91 Å². The molecular formula is C23H29NO3. The fraction of sp³-hybridized carbons (Fsp3) is 0.609. The highest BCUT2D eigenvalue weighted by atomic mass is 16.2. The fourth-order valence-electron chi connectivity index (χ4n) is 5.22. The predicted octanol–water partition coefficient (Wildman–Crippen LogP) is 3.50. The number of rotatable bonds is 4. The summed E-state index contributed by atoms with van der Waals surface area (Å²) in [5.41, 5.74) is 4.17. The highest BCUT2D eigenvalue weighted by molar-refractivity contribution is 6.15. The van der Waals surface area contributed by atoms with E-state index in [1.165, 1.54) is 0 Å². The lowest BCUT2D eigenvalue weighted by atomic mass is 9.85. The zero-order chi connectivity index (χ0) is 19.3. The maximum atomic E-state index is 13.1. The van der Waals surface area contributed by atoms with Gasteiger partial charge in [-0.05, 0) is 69.1 Å². The van der Waals surface area contributed by atoms with Gasteiger partial charge in [-0.25, -0.2) is 0 Å². The average molecular weight is 367 g/mol. The molecule has 3 atom stereocenters. The Morgan fingerprint density at radius 2 is 1.74 bits per heavy atom. The number of aryl methyl sites for hydroxylation is 3. The van der Waals surface area contributed by atoms with E-state index in [1.807, 2.05) is 25.7 Å². The second-order valence-electron chi connectivity index (χ2n) is 8.96. The van der Waals surface area contributed by atoms with E-state index in [9.17, 15) is 14.4 Å². The maximum Gasteiger partial charge on any atom is 0.225 e. The Morgan fingerprint density at radius 1 is 1.07 bits per heavy atom. The van der Waals surface area contributed by atoms with Gasteiger partial charge in [-0.1, -0.05) is 17.7 Å². The molecule has 1 saturated heterocycles. The van der Waals surface area contributed by atoms with Crippen LogP contribution in [-0.2, 0) is 14.4 Å². The van der Waals surface area contributed by atoms with Crippen LogP contribution in [0.2, 0.25) is 0 Å². The van der Waals surface area contributed by atoms with Crippen molar-refractivity contribution in [1.29, 1.82) is 0 Å². The van der Waals surface area contributed by atoms with E-state index in [1.54, 1.807) is 0 Å². The van der Waals surface area contributed by atoms with Crippen molar-refractivity contribution in [3.63, 3.8) is 0 Å². The normalized spacial score (nSPS) is 28.3. The Morgan fingerprint density at radius 3 is 2.37 bits per heavy atom. The minimum absolute atomic E-state index is 0.0731. The zero-order valence-corrected chi connectivity index (χ0v) is 16.6. The van der Waals surface area contributed by atoms with E-state index in [0.717, 1.165) is 61.0 Å². The summed E-state index contributed by atoms with van der Waals surface area (Å²) >= 11 is 0. The summed E-state index contributed by atoms with van der Waals surface area (Å²) in [6.07, 6.45) is 4.14. The molecule has 2 aliphatic carbocycles. The number of nitrogens with zero attached hydrogens (tertiary/aromatic N) is 1. The first-order valence-corrected chi connectivity index (χ1v) is 10.3. The van der Waals surface area contributed by atoms with Crippen LogP contribution in [0.25, 0.3) is 0 Å². The Hall–Kier alpha value is -1.97. The lowest BCUT2D eigenvalue weighted by Gasteiger charge is -2.18. The van der Waals surface area contributed by atoms with Gasteiger partial charge in [0.25, 0.3) is 0 Å². The minimum Gasteiger partial charge on any atom is -0.342 e. The summed E-state index contributed by atoms with van der Waals surface area (Å²) in [5, 5.41) is 0. The summed E-state index contributed by atoms with van der Waals surface area (Å²) < 4.78 is 0. The number of likely N-dealkylation sites (tertiary alicyclic amines) is 1. The average Bonchev–Trinajstić information content (AvgIpc) is 3.29. The van der Waals surface area contributed by atoms with Crippen LogP contribution in [0.3, 0.4) is 0 Å². The topological polar surface area (TPSA) is 54.5 Å². The van der Waals surface area contributed by atoms with Gasteiger partial charge in [0.1, 0.15) is 11.7 Å². The van der Waals surface area contributed by atoms with Crippen molar-refractivity contribution in [2.75, 3.05) is 13.1 Å². The Balaban J connectivity index is 1.45. The highest BCUT2D eigenvalue weighted by Crippen LogP contribution is 2.40. The summed E-state index contributed by atoms with van der Waals surface area (Å²) in [6.45, 7) is 7.62. The smallest absolute Gasteiger partial charge is 0.225 e. The SMILES string of the molecule is Cc1cc(C)c(C2C(=O)CC(CC3CCN(C(=O)C4CC4)C3)C2=O)c(C)c1. The van der Waals surface area contributed by atoms with Crippen LogP contribution >= 0.6 is 0 Å². The third-order valence-electron chi connectivity index (χ3n) is 6.63. The van der Waals surface area contributed by atoms with Gasteiger partial charge in [-0.3, -0.25) is 14.4 Å². The molecule has 0 radical (unpaired) electrons. The van der Waals surface area contributed by atoms with Gasteiger partial charge in [0, 0.05) is 31.3 Å². The van der Waals surface area contributed by atoms with Gasteiger partial charge in [-0.2, -0.15) is 0 Å². The van der Waals surface area contributed by atoms with Gasteiger partial charge in [0.15, 0.2) is 5.78 Å². The van der Waals surface area contributed by atoms with Crippen molar-refractivity contribution in [3.8, 4) is 0 Å². The first-order valence-electron chi connectivity index (χ1n) is 10.3. The quantitative estimate of drug-likeness (QED) is 0.766. The van der Waals surface area contributed by atoms with E-state index in [0.29, 0.717) is 18.2 Å². The number of hydrogen-bond donors (Lipinski definition) is 0. The molecule has 27 heavy (non-hydrogen) atoms. The van der Waals surface area contributed by atoms with E-state index >= 15 is 0 Å². The fourth-order valence-corrected chi connectivity index (χ4v) is 5.22. The minimum atomic E-state index is -0.582. The van der Waals surface area contributed by atoms with Gasteiger partial charge < -0.3 is 4.90 Å². The van der Waals surface area contributed by atoms with E-state index in [2.05, 4.69) is 12.1 Å². The number of Topliss-reactive ketones (excluding diaryl/α,β-unsaturated/α-hetero) is 2. The van der Waals surface area contributed by atoms with Crippen LogP contribution in [-0.4, -0.2) is 35.5 Å². The number of benzene rings is 1. The molecule has 2 saturated carbocycles. The van der Waals surface area contributed by atoms with Crippen LogP contribution in [0.5, 0.6) is 0 Å². The third-order valence-corrected chi connectivity index (χ3v) is 6.63. The number of carbonyl (C=O) groups is 3. The van der Waals surface area contributed by atoms with E-state index in [-0.39, 0.29) is 23.4 Å². The molecule has 1 amide bonds. The molecule has 1 heterocycles. The van der Waals surface area contributed by atoms with Gasteiger partial charge in [0.05, 0.1) is 0 Å². The molecule has 3 aliphatic rings. The Bertz CT molecular complexity index is 785. The number of amides is 1. The molecule has 3 unspecified atom stereocenters. The van der Waals surface area contributed by atoms with Crippen LogP contribution in [0.1, 0.15) is 60.3 Å².